The quantitative estimate of drug-likeness (QED) is 0.0701. The van der Waals surface area contributed by atoms with Gasteiger partial charge in [-0.25, -0.2) is 0 Å². The largest absolute Gasteiger partial charge is 0.481 e. The van der Waals surface area contributed by atoms with Gasteiger partial charge >= 0.3 is 5.97 Å². The molecular formula is C35H69NO9. The van der Waals surface area contributed by atoms with E-state index in [9.17, 15) is 9.59 Å². The number of nitrogens with one attached hydrogen (secondary N) is 1. The molecule has 0 aromatic heterocycles. The molecule has 0 bridgehead atoms. The maximum atomic E-state index is 12.0. The van der Waals surface area contributed by atoms with E-state index < -0.39 is 5.97 Å². The zero-order chi connectivity index (χ0) is 32.7. The van der Waals surface area contributed by atoms with Gasteiger partial charge in [0.25, 0.3) is 0 Å². The van der Waals surface area contributed by atoms with Gasteiger partial charge in [-0.3, -0.25) is 9.59 Å². The molecule has 0 spiro atoms. The highest BCUT2D eigenvalue weighted by atomic mass is 16.6. The number of amides is 1. The molecule has 0 aliphatic heterocycles. The van der Waals surface area contributed by atoms with E-state index in [1.54, 1.807) is 0 Å². The SMILES string of the molecule is CCCCCCCCCCCCCCCCCCCC(=O)NCCOCCOCCOCCOCCOCCOCCC(=O)O. The van der Waals surface area contributed by atoms with Crippen LogP contribution in [0.2, 0.25) is 0 Å². The minimum absolute atomic E-state index is 0.00250. The summed E-state index contributed by atoms with van der Waals surface area (Å²) in [5.74, 6) is -0.755. The number of hydrogen-bond donors (Lipinski definition) is 2. The Morgan fingerprint density at radius 1 is 0.422 bits per heavy atom. The van der Waals surface area contributed by atoms with Crippen molar-refractivity contribution in [2.75, 3.05) is 85.8 Å². The Kier molecular flexibility index (Phi) is 37.8. The van der Waals surface area contributed by atoms with Crippen molar-refractivity contribution in [3.8, 4) is 0 Å². The van der Waals surface area contributed by atoms with Crippen LogP contribution in [0.4, 0.5) is 0 Å². The standard InChI is InChI=1S/C35H69NO9/c1-2-3-4-5-6-7-8-9-10-11-12-13-14-15-16-17-18-19-34(37)36-21-23-41-25-27-43-29-31-45-33-32-44-30-28-42-26-24-40-22-20-35(38)39/h2-33H2,1H3,(H,36,37)(H,38,39). The molecule has 0 aliphatic carbocycles. The average Bonchev–Trinajstić information content (AvgIpc) is 3.03. The van der Waals surface area contributed by atoms with Crippen molar-refractivity contribution in [1.82, 2.24) is 5.32 Å². The molecular weight excluding hydrogens is 578 g/mol. The van der Waals surface area contributed by atoms with Crippen LogP contribution in [0.25, 0.3) is 0 Å². The predicted octanol–water partition coefficient (Wildman–Crippen LogP) is 6.72. The van der Waals surface area contributed by atoms with Crippen molar-refractivity contribution in [1.29, 1.82) is 0 Å². The van der Waals surface area contributed by atoms with Gasteiger partial charge in [0.2, 0.25) is 5.91 Å². The van der Waals surface area contributed by atoms with Gasteiger partial charge in [0.1, 0.15) is 0 Å². The van der Waals surface area contributed by atoms with Crippen LogP contribution in [0, 0.1) is 0 Å². The molecule has 268 valence electrons. The second-order valence-corrected chi connectivity index (χ2v) is 11.6. The highest BCUT2D eigenvalue weighted by molar-refractivity contribution is 5.75. The molecule has 0 atom stereocenters. The van der Waals surface area contributed by atoms with Gasteiger partial charge < -0.3 is 38.8 Å². The fourth-order valence-corrected chi connectivity index (χ4v) is 4.72. The van der Waals surface area contributed by atoms with E-state index in [1.165, 1.54) is 96.3 Å². The van der Waals surface area contributed by atoms with E-state index in [4.69, 9.17) is 33.5 Å². The van der Waals surface area contributed by atoms with Crippen molar-refractivity contribution in [3.63, 3.8) is 0 Å². The third kappa shape index (κ3) is 40.7. The first-order valence-corrected chi connectivity index (χ1v) is 18.1. The summed E-state index contributed by atoms with van der Waals surface area (Å²) in [7, 11) is 0. The zero-order valence-corrected chi connectivity index (χ0v) is 28.8. The molecule has 0 radical (unpaired) electrons. The minimum Gasteiger partial charge on any atom is -0.481 e. The first-order chi connectivity index (χ1) is 22.2. The van der Waals surface area contributed by atoms with Crippen molar-refractivity contribution in [2.24, 2.45) is 0 Å². The normalized spacial score (nSPS) is 11.3. The third-order valence-electron chi connectivity index (χ3n) is 7.40. The molecule has 0 heterocycles. The molecule has 1 amide bonds. The molecule has 0 aromatic rings. The Morgan fingerprint density at radius 2 is 0.733 bits per heavy atom. The van der Waals surface area contributed by atoms with E-state index >= 15 is 0 Å². The van der Waals surface area contributed by atoms with Crippen LogP contribution in [-0.4, -0.2) is 103 Å². The second kappa shape index (κ2) is 38.9. The number of carbonyl (C=O) groups is 2. The van der Waals surface area contributed by atoms with Crippen LogP contribution < -0.4 is 5.32 Å². The fourth-order valence-electron chi connectivity index (χ4n) is 4.72. The maximum absolute atomic E-state index is 12.0. The second-order valence-electron chi connectivity index (χ2n) is 11.6. The molecule has 2 N–H and O–H groups in total. The predicted molar refractivity (Wildman–Crippen MR) is 179 cm³/mol. The van der Waals surface area contributed by atoms with Crippen LogP contribution in [0.1, 0.15) is 129 Å². The van der Waals surface area contributed by atoms with Crippen molar-refractivity contribution in [2.45, 2.75) is 129 Å². The first kappa shape index (κ1) is 43.7. The van der Waals surface area contributed by atoms with E-state index in [1.807, 2.05) is 0 Å². The van der Waals surface area contributed by atoms with Gasteiger partial charge in [0, 0.05) is 13.0 Å². The van der Waals surface area contributed by atoms with E-state index in [0.29, 0.717) is 85.6 Å². The lowest BCUT2D eigenvalue weighted by molar-refractivity contribution is -0.138. The highest BCUT2D eigenvalue weighted by Gasteiger charge is 2.01. The molecule has 0 aromatic carbocycles. The summed E-state index contributed by atoms with van der Waals surface area (Å²) in [6.45, 7) is 8.12. The molecule has 0 rings (SSSR count). The number of carboxylic acid groups (broad SMARTS) is 1. The summed E-state index contributed by atoms with van der Waals surface area (Å²) < 4.78 is 32.3. The highest BCUT2D eigenvalue weighted by Crippen LogP contribution is 2.14. The van der Waals surface area contributed by atoms with E-state index in [0.717, 1.165) is 12.8 Å². The topological polar surface area (TPSA) is 122 Å². The lowest BCUT2D eigenvalue weighted by Gasteiger charge is -2.08. The number of ether oxygens (including phenoxy) is 6. The van der Waals surface area contributed by atoms with Crippen LogP contribution in [0.15, 0.2) is 0 Å². The number of hydrogen-bond acceptors (Lipinski definition) is 8. The lowest BCUT2D eigenvalue weighted by Crippen LogP contribution is -2.27. The van der Waals surface area contributed by atoms with Gasteiger partial charge in [0.05, 0.1) is 85.7 Å². The van der Waals surface area contributed by atoms with Crippen molar-refractivity contribution in [3.05, 3.63) is 0 Å². The van der Waals surface area contributed by atoms with Crippen molar-refractivity contribution < 1.29 is 43.1 Å². The summed E-state index contributed by atoms with van der Waals surface area (Å²) in [6, 6.07) is 0. The smallest absolute Gasteiger partial charge is 0.305 e. The van der Waals surface area contributed by atoms with Gasteiger partial charge in [-0.2, -0.15) is 0 Å². The zero-order valence-electron chi connectivity index (χ0n) is 28.8. The van der Waals surface area contributed by atoms with Gasteiger partial charge in [-0.1, -0.05) is 110 Å². The summed E-state index contributed by atoms with van der Waals surface area (Å²) in [6.07, 6.45) is 23.5. The molecule has 0 aliphatic rings. The molecule has 10 nitrogen and oxygen atoms in total. The fraction of sp³-hybridized carbons (Fsp3) is 0.943. The monoisotopic (exact) mass is 647 g/mol. The Hall–Kier alpha value is -1.30. The van der Waals surface area contributed by atoms with Crippen LogP contribution in [-0.2, 0) is 38.0 Å². The van der Waals surface area contributed by atoms with Crippen molar-refractivity contribution >= 4 is 11.9 Å². The average molecular weight is 648 g/mol. The maximum Gasteiger partial charge on any atom is 0.305 e. The number of carbonyl (C=O) groups excluding carboxylic acids is 1. The van der Waals surface area contributed by atoms with Gasteiger partial charge in [-0.15, -0.1) is 0 Å². The number of aliphatic carboxylic acids is 1. The minimum atomic E-state index is -0.869. The van der Waals surface area contributed by atoms with Crippen LogP contribution >= 0.6 is 0 Å². The molecule has 45 heavy (non-hydrogen) atoms. The lowest BCUT2D eigenvalue weighted by atomic mass is 10.0. The molecule has 0 saturated carbocycles. The molecule has 0 fully saturated rings. The van der Waals surface area contributed by atoms with Gasteiger partial charge in [0.15, 0.2) is 0 Å². The van der Waals surface area contributed by atoms with Gasteiger partial charge in [-0.05, 0) is 6.42 Å². The van der Waals surface area contributed by atoms with E-state index in [2.05, 4.69) is 12.2 Å². The Morgan fingerprint density at radius 3 is 1.09 bits per heavy atom. The summed E-state index contributed by atoms with van der Waals surface area (Å²) in [4.78, 5) is 22.3. The number of carboxylic acids is 1. The van der Waals surface area contributed by atoms with E-state index in [-0.39, 0.29) is 18.9 Å². The first-order valence-electron chi connectivity index (χ1n) is 18.1. The Bertz CT molecular complexity index is 610. The van der Waals surface area contributed by atoms with Crippen LogP contribution in [0.3, 0.4) is 0 Å². The summed E-state index contributed by atoms with van der Waals surface area (Å²) >= 11 is 0. The number of rotatable bonds is 39. The molecule has 0 saturated heterocycles. The summed E-state index contributed by atoms with van der Waals surface area (Å²) in [5.41, 5.74) is 0. The number of unbranched alkanes of at least 4 members (excludes halogenated alkanes) is 16. The third-order valence-corrected chi connectivity index (χ3v) is 7.40. The molecule has 0 unspecified atom stereocenters. The van der Waals surface area contributed by atoms with Crippen LogP contribution in [0.5, 0.6) is 0 Å². The Balaban J connectivity index is 3.15. The Labute approximate surface area is 274 Å². The molecule has 10 heteroatoms. The summed E-state index contributed by atoms with van der Waals surface area (Å²) in [5, 5.41) is 11.4.